The number of aromatic amines is 1. The van der Waals surface area contributed by atoms with E-state index >= 15 is 0 Å². The van der Waals surface area contributed by atoms with E-state index in [1.165, 1.54) is 0 Å². The van der Waals surface area contributed by atoms with Crippen LogP contribution in [0.1, 0.15) is 32.0 Å². The van der Waals surface area contributed by atoms with Gasteiger partial charge in [-0.25, -0.2) is 4.68 Å². The van der Waals surface area contributed by atoms with Gasteiger partial charge in [0, 0.05) is 39.7 Å². The van der Waals surface area contributed by atoms with E-state index in [0.717, 1.165) is 28.2 Å². The molecule has 0 saturated carbocycles. The number of pyridine rings is 1. The quantitative estimate of drug-likeness (QED) is 0.457. The molecule has 0 radical (unpaired) electrons. The zero-order chi connectivity index (χ0) is 22.5. The number of halogens is 1. The number of aromatic nitrogens is 3. The highest BCUT2D eigenvalue weighted by atomic mass is 35.5. The Balaban J connectivity index is 1.54. The van der Waals surface area contributed by atoms with E-state index in [2.05, 4.69) is 31.1 Å². The highest BCUT2D eigenvalue weighted by molar-refractivity contribution is 6.30. The zero-order valence-electron chi connectivity index (χ0n) is 18.0. The summed E-state index contributed by atoms with van der Waals surface area (Å²) >= 11 is 6.05. The second-order valence-electron chi connectivity index (χ2n) is 8.79. The van der Waals surface area contributed by atoms with Gasteiger partial charge in [0.05, 0.1) is 11.4 Å². The highest BCUT2D eigenvalue weighted by Gasteiger charge is 2.24. The molecule has 0 saturated heterocycles. The molecule has 8 heteroatoms. The Morgan fingerprint density at radius 3 is 2.59 bits per heavy atom. The van der Waals surface area contributed by atoms with Gasteiger partial charge in [-0.2, -0.15) is 5.10 Å². The zero-order valence-corrected chi connectivity index (χ0v) is 18.8. The molecule has 0 aliphatic carbocycles. The summed E-state index contributed by atoms with van der Waals surface area (Å²) in [6.07, 6.45) is 0. The van der Waals surface area contributed by atoms with Crippen LogP contribution in [-0.2, 0) is 12.0 Å². The molecule has 0 bridgehead atoms. The van der Waals surface area contributed by atoms with Crippen LogP contribution in [0.5, 0.6) is 11.5 Å². The number of H-pyrrole nitrogens is 1. The summed E-state index contributed by atoms with van der Waals surface area (Å²) in [5, 5.41) is 9.71. The fourth-order valence-corrected chi connectivity index (χ4v) is 3.90. The van der Waals surface area contributed by atoms with Crippen molar-refractivity contribution in [2.24, 2.45) is 0 Å². The summed E-state index contributed by atoms with van der Waals surface area (Å²) in [7, 11) is 0. The molecule has 2 aromatic heterocycles. The number of nitrogens with one attached hydrogen (secondary N) is 2. The molecule has 2 aromatic carbocycles. The molecular weight excluding hydrogens is 428 g/mol. The number of rotatable bonds is 4. The molecule has 0 spiro atoms. The second kappa shape index (κ2) is 7.60. The lowest BCUT2D eigenvalue weighted by atomic mass is 9.90. The SMILES string of the molecule is CC(C)(C)c1nn(-c2ccc(Cl)cc2)c2[nH]c(=O)c(CNc3ccc4c(c3)OCO4)cc12. The smallest absolute Gasteiger partial charge is 0.254 e. The molecule has 1 aliphatic heterocycles. The first-order valence-electron chi connectivity index (χ1n) is 10.3. The molecule has 0 amide bonds. The van der Waals surface area contributed by atoms with E-state index in [1.54, 1.807) is 4.68 Å². The first kappa shape index (κ1) is 20.5. The average Bonchev–Trinajstić information content (AvgIpc) is 3.36. The topological polar surface area (TPSA) is 81.2 Å². The number of anilines is 1. The summed E-state index contributed by atoms with van der Waals surface area (Å²) < 4.78 is 12.5. The minimum Gasteiger partial charge on any atom is -0.454 e. The molecule has 5 rings (SSSR count). The van der Waals surface area contributed by atoms with Gasteiger partial charge in [-0.15, -0.1) is 0 Å². The first-order valence-corrected chi connectivity index (χ1v) is 10.7. The molecule has 0 fully saturated rings. The van der Waals surface area contributed by atoms with E-state index in [1.807, 2.05) is 48.5 Å². The van der Waals surface area contributed by atoms with Crippen LogP contribution in [0.3, 0.4) is 0 Å². The van der Waals surface area contributed by atoms with Crippen molar-refractivity contribution in [1.82, 2.24) is 14.8 Å². The second-order valence-corrected chi connectivity index (χ2v) is 9.23. The Labute approximate surface area is 189 Å². The fraction of sp³-hybridized carbons (Fsp3) is 0.250. The van der Waals surface area contributed by atoms with Gasteiger partial charge in [-0.3, -0.25) is 4.79 Å². The fourth-order valence-electron chi connectivity index (χ4n) is 3.77. The summed E-state index contributed by atoms with van der Waals surface area (Å²) in [4.78, 5) is 16.0. The summed E-state index contributed by atoms with van der Waals surface area (Å²) in [5.74, 6) is 1.41. The van der Waals surface area contributed by atoms with Gasteiger partial charge in [0.15, 0.2) is 11.5 Å². The number of hydrogen-bond donors (Lipinski definition) is 2. The van der Waals surface area contributed by atoms with Crippen LogP contribution in [0.25, 0.3) is 16.7 Å². The van der Waals surface area contributed by atoms with Crippen molar-refractivity contribution in [2.45, 2.75) is 32.7 Å². The molecule has 7 nitrogen and oxygen atoms in total. The number of benzene rings is 2. The monoisotopic (exact) mass is 450 g/mol. The Kier molecular flexibility index (Phi) is 4.86. The predicted octanol–water partition coefficient (Wildman–Crippen LogP) is 5.01. The average molecular weight is 451 g/mol. The van der Waals surface area contributed by atoms with Crippen molar-refractivity contribution in [2.75, 3.05) is 12.1 Å². The number of ether oxygens (including phenoxy) is 2. The molecule has 164 valence electrons. The normalized spacial score (nSPS) is 13.0. The van der Waals surface area contributed by atoms with Gasteiger partial charge in [0.1, 0.15) is 5.65 Å². The molecule has 1 aliphatic rings. The molecule has 0 unspecified atom stereocenters. The van der Waals surface area contributed by atoms with Crippen molar-refractivity contribution in [3.05, 3.63) is 75.2 Å². The maximum absolute atomic E-state index is 12.9. The standard InChI is InChI=1S/C24H23ClN4O3/c1-24(2,3)21-18-10-14(12-26-16-6-9-19-20(11-16)32-13-31-19)23(30)27-22(18)29(28-21)17-7-4-15(25)5-8-17/h4-11,26H,12-13H2,1-3H3,(H,27,30). The van der Waals surface area contributed by atoms with E-state index in [-0.39, 0.29) is 17.8 Å². The van der Waals surface area contributed by atoms with Crippen LogP contribution in [0.2, 0.25) is 5.02 Å². The number of hydrogen-bond acceptors (Lipinski definition) is 5. The van der Waals surface area contributed by atoms with Crippen LogP contribution in [0, 0.1) is 0 Å². The van der Waals surface area contributed by atoms with Crippen LogP contribution in [0.15, 0.2) is 53.3 Å². The lowest BCUT2D eigenvalue weighted by Crippen LogP contribution is -2.17. The lowest BCUT2D eigenvalue weighted by Gasteiger charge is -2.15. The van der Waals surface area contributed by atoms with Gasteiger partial charge < -0.3 is 19.8 Å². The Hall–Kier alpha value is -3.45. The van der Waals surface area contributed by atoms with Crippen molar-refractivity contribution in [3.8, 4) is 17.2 Å². The van der Waals surface area contributed by atoms with Crippen LogP contribution in [0.4, 0.5) is 5.69 Å². The van der Waals surface area contributed by atoms with E-state index in [0.29, 0.717) is 28.5 Å². The minimum absolute atomic E-state index is 0.165. The van der Waals surface area contributed by atoms with Gasteiger partial charge >= 0.3 is 0 Å². The van der Waals surface area contributed by atoms with Crippen molar-refractivity contribution in [3.63, 3.8) is 0 Å². The molecule has 2 N–H and O–H groups in total. The lowest BCUT2D eigenvalue weighted by molar-refractivity contribution is 0.174. The molecule has 0 atom stereocenters. The largest absolute Gasteiger partial charge is 0.454 e. The van der Waals surface area contributed by atoms with Gasteiger partial charge in [0.25, 0.3) is 5.56 Å². The Bertz CT molecular complexity index is 1370. The Morgan fingerprint density at radius 2 is 1.84 bits per heavy atom. The van der Waals surface area contributed by atoms with Gasteiger partial charge in [0.2, 0.25) is 6.79 Å². The van der Waals surface area contributed by atoms with Crippen molar-refractivity contribution >= 4 is 28.3 Å². The number of nitrogens with zero attached hydrogens (tertiary/aromatic N) is 2. The van der Waals surface area contributed by atoms with Crippen LogP contribution in [-0.4, -0.2) is 21.6 Å². The third-order valence-electron chi connectivity index (χ3n) is 5.40. The number of fused-ring (bicyclic) bond motifs is 2. The van der Waals surface area contributed by atoms with E-state index in [9.17, 15) is 4.79 Å². The predicted molar refractivity (Wildman–Crippen MR) is 125 cm³/mol. The van der Waals surface area contributed by atoms with Gasteiger partial charge in [-0.1, -0.05) is 32.4 Å². The molecule has 4 aromatic rings. The van der Waals surface area contributed by atoms with Crippen LogP contribution < -0.4 is 20.3 Å². The summed E-state index contributed by atoms with van der Waals surface area (Å²) in [6.45, 7) is 6.91. The highest BCUT2D eigenvalue weighted by Crippen LogP contribution is 2.34. The molecule has 3 heterocycles. The third kappa shape index (κ3) is 3.69. The minimum atomic E-state index is -0.212. The maximum atomic E-state index is 12.9. The summed E-state index contributed by atoms with van der Waals surface area (Å²) in [5.41, 5.74) is 3.49. The van der Waals surface area contributed by atoms with Crippen molar-refractivity contribution < 1.29 is 9.47 Å². The molecular formula is C24H23ClN4O3. The first-order chi connectivity index (χ1) is 15.3. The summed E-state index contributed by atoms with van der Waals surface area (Å²) in [6, 6.07) is 14.9. The Morgan fingerprint density at radius 1 is 1.09 bits per heavy atom. The third-order valence-corrected chi connectivity index (χ3v) is 5.65. The van der Waals surface area contributed by atoms with Crippen LogP contribution >= 0.6 is 11.6 Å². The maximum Gasteiger partial charge on any atom is 0.254 e. The van der Waals surface area contributed by atoms with E-state index in [4.69, 9.17) is 26.2 Å². The molecule has 32 heavy (non-hydrogen) atoms. The van der Waals surface area contributed by atoms with E-state index < -0.39 is 0 Å². The van der Waals surface area contributed by atoms with Crippen molar-refractivity contribution in [1.29, 1.82) is 0 Å². The van der Waals surface area contributed by atoms with Gasteiger partial charge in [-0.05, 0) is 42.5 Å².